The highest BCUT2D eigenvalue weighted by atomic mass is 32.2. The predicted octanol–water partition coefficient (Wildman–Crippen LogP) is 5.43. The smallest absolute Gasteiger partial charge is 0.351 e. The van der Waals surface area contributed by atoms with Crippen molar-refractivity contribution in [1.29, 1.82) is 0 Å². The van der Waals surface area contributed by atoms with E-state index in [1.807, 2.05) is 0 Å². The second kappa shape index (κ2) is 6.86. The van der Waals surface area contributed by atoms with Crippen molar-refractivity contribution in [3.05, 3.63) is 36.0 Å². The molecule has 1 aliphatic rings. The number of alkyl halides is 6. The Balaban J connectivity index is 1.85. The third-order valence-electron chi connectivity index (χ3n) is 3.27. The zero-order chi connectivity index (χ0) is 18.9. The number of aromatic nitrogens is 2. The van der Waals surface area contributed by atoms with E-state index in [2.05, 4.69) is 20.6 Å². The van der Waals surface area contributed by atoms with Gasteiger partial charge in [0.15, 0.2) is 5.69 Å². The van der Waals surface area contributed by atoms with Crippen molar-refractivity contribution in [3.8, 4) is 0 Å². The van der Waals surface area contributed by atoms with Crippen LogP contribution >= 0.6 is 11.8 Å². The summed E-state index contributed by atoms with van der Waals surface area (Å²) in [5.74, 6) is -0.338. The third-order valence-corrected chi connectivity index (χ3v) is 3.99. The van der Waals surface area contributed by atoms with Crippen molar-refractivity contribution in [1.82, 2.24) is 9.97 Å². The minimum Gasteiger partial charge on any atom is -0.351 e. The Bertz CT molecular complexity index is 788. The summed E-state index contributed by atoms with van der Waals surface area (Å²) < 4.78 is 76.4. The highest BCUT2D eigenvalue weighted by Gasteiger charge is 2.34. The fourth-order valence-corrected chi connectivity index (χ4v) is 2.65. The van der Waals surface area contributed by atoms with E-state index in [0.29, 0.717) is 6.07 Å². The fraction of sp³-hybridized carbons (Fsp3) is 0.333. The van der Waals surface area contributed by atoms with Crippen LogP contribution in [-0.4, -0.2) is 21.5 Å². The Morgan fingerprint density at radius 3 is 2.35 bits per heavy atom. The maximum Gasteiger partial charge on any atom is 0.446 e. The summed E-state index contributed by atoms with van der Waals surface area (Å²) in [4.78, 5) is 7.32. The molecule has 1 fully saturated rings. The molecule has 2 N–H and O–H groups in total. The molecule has 1 aromatic heterocycles. The lowest BCUT2D eigenvalue weighted by Crippen LogP contribution is -2.14. The second-order valence-electron chi connectivity index (χ2n) is 5.58. The van der Waals surface area contributed by atoms with Crippen LogP contribution in [-0.2, 0) is 6.18 Å². The largest absolute Gasteiger partial charge is 0.446 e. The van der Waals surface area contributed by atoms with Crippen molar-refractivity contribution in [3.63, 3.8) is 0 Å². The molecular weight excluding hydrogens is 382 g/mol. The quantitative estimate of drug-likeness (QED) is 0.524. The Morgan fingerprint density at radius 1 is 1.00 bits per heavy atom. The molecule has 3 rings (SSSR count). The first kappa shape index (κ1) is 18.6. The average Bonchev–Trinajstić information content (AvgIpc) is 3.28. The molecule has 0 spiro atoms. The van der Waals surface area contributed by atoms with Crippen LogP contribution in [0.5, 0.6) is 0 Å². The molecule has 26 heavy (non-hydrogen) atoms. The van der Waals surface area contributed by atoms with Gasteiger partial charge in [-0.2, -0.15) is 31.3 Å². The summed E-state index contributed by atoms with van der Waals surface area (Å²) in [5.41, 5.74) is -5.42. The van der Waals surface area contributed by atoms with Gasteiger partial charge in [-0.05, 0) is 42.8 Å². The number of hydrogen-bond donors (Lipinski definition) is 2. The van der Waals surface area contributed by atoms with Crippen LogP contribution in [0.1, 0.15) is 18.5 Å². The third kappa shape index (κ3) is 5.41. The lowest BCUT2D eigenvalue weighted by atomic mass is 10.3. The number of nitrogens with zero attached hydrogens (tertiary/aromatic N) is 2. The van der Waals surface area contributed by atoms with Crippen LogP contribution in [0.15, 0.2) is 35.2 Å². The van der Waals surface area contributed by atoms with Crippen molar-refractivity contribution in [2.75, 3.05) is 10.6 Å². The molecule has 0 atom stereocenters. The maximum atomic E-state index is 13.0. The lowest BCUT2D eigenvalue weighted by molar-refractivity contribution is -0.141. The van der Waals surface area contributed by atoms with E-state index in [4.69, 9.17) is 0 Å². The molecule has 4 nitrogen and oxygen atoms in total. The van der Waals surface area contributed by atoms with E-state index in [1.54, 1.807) is 0 Å². The van der Waals surface area contributed by atoms with E-state index in [0.717, 1.165) is 12.8 Å². The Hall–Kier alpha value is -2.17. The van der Waals surface area contributed by atoms with Gasteiger partial charge in [-0.3, -0.25) is 0 Å². The standard InChI is InChI=1S/C15H12F6N4S/c16-14(17,18)11-7-12(25-13(24-11)23-8-4-5-8)22-9-2-1-3-10(6-9)26-15(19,20)21/h1-3,6-8H,4-5H2,(H2,22,23,24,25). The summed E-state index contributed by atoms with van der Waals surface area (Å²) in [6.45, 7) is 0. The number of benzene rings is 1. The molecule has 11 heteroatoms. The summed E-state index contributed by atoms with van der Waals surface area (Å²) in [6.07, 6.45) is -3.04. The molecule has 1 heterocycles. The minimum absolute atomic E-state index is 0.0397. The van der Waals surface area contributed by atoms with Crippen molar-refractivity contribution < 1.29 is 26.3 Å². The first-order valence-electron chi connectivity index (χ1n) is 7.44. The Kier molecular flexibility index (Phi) is 4.91. The van der Waals surface area contributed by atoms with E-state index in [-0.39, 0.29) is 40.2 Å². The van der Waals surface area contributed by atoms with Gasteiger partial charge >= 0.3 is 11.7 Å². The van der Waals surface area contributed by atoms with Crippen LogP contribution in [0.4, 0.5) is 43.8 Å². The van der Waals surface area contributed by atoms with Gasteiger partial charge in [-0.1, -0.05) is 6.07 Å². The lowest BCUT2D eigenvalue weighted by Gasteiger charge is -2.13. The predicted molar refractivity (Wildman–Crippen MR) is 85.3 cm³/mol. The molecule has 1 aliphatic carbocycles. The molecule has 140 valence electrons. The molecule has 0 radical (unpaired) electrons. The van der Waals surface area contributed by atoms with Crippen LogP contribution in [0, 0.1) is 0 Å². The second-order valence-corrected chi connectivity index (χ2v) is 6.72. The molecule has 0 saturated heterocycles. The van der Waals surface area contributed by atoms with Gasteiger partial charge < -0.3 is 10.6 Å². The minimum atomic E-state index is -4.67. The molecule has 2 aromatic rings. The van der Waals surface area contributed by atoms with Crippen molar-refractivity contribution in [2.45, 2.75) is 35.5 Å². The van der Waals surface area contributed by atoms with Gasteiger partial charge in [-0.25, -0.2) is 4.98 Å². The van der Waals surface area contributed by atoms with Gasteiger partial charge in [0.1, 0.15) is 5.82 Å². The summed E-state index contributed by atoms with van der Waals surface area (Å²) in [7, 11) is 0. The highest BCUT2D eigenvalue weighted by Crippen LogP contribution is 2.38. The Morgan fingerprint density at radius 2 is 1.73 bits per heavy atom. The average molecular weight is 394 g/mol. The monoisotopic (exact) mass is 394 g/mol. The molecule has 1 aromatic carbocycles. The van der Waals surface area contributed by atoms with Gasteiger partial charge in [0.2, 0.25) is 5.95 Å². The fourth-order valence-electron chi connectivity index (χ4n) is 2.05. The molecular formula is C15H12F6N4S. The van der Waals surface area contributed by atoms with E-state index < -0.39 is 17.4 Å². The van der Waals surface area contributed by atoms with Crippen LogP contribution in [0.2, 0.25) is 0 Å². The summed E-state index contributed by atoms with van der Waals surface area (Å²) in [6, 6.07) is 5.99. The zero-order valence-corrected chi connectivity index (χ0v) is 13.8. The number of thioether (sulfide) groups is 1. The number of anilines is 3. The maximum absolute atomic E-state index is 13.0. The number of nitrogens with one attached hydrogen (secondary N) is 2. The molecule has 0 aliphatic heterocycles. The molecule has 0 unspecified atom stereocenters. The van der Waals surface area contributed by atoms with Gasteiger partial charge in [0.25, 0.3) is 0 Å². The zero-order valence-electron chi connectivity index (χ0n) is 12.9. The van der Waals surface area contributed by atoms with E-state index in [1.165, 1.54) is 24.3 Å². The van der Waals surface area contributed by atoms with Crippen LogP contribution in [0.25, 0.3) is 0 Å². The summed E-state index contributed by atoms with van der Waals surface area (Å²) in [5, 5.41) is 5.39. The van der Waals surface area contributed by atoms with Crippen molar-refractivity contribution >= 4 is 29.2 Å². The highest BCUT2D eigenvalue weighted by molar-refractivity contribution is 8.00. The first-order valence-corrected chi connectivity index (χ1v) is 8.26. The molecule has 0 amide bonds. The number of hydrogen-bond acceptors (Lipinski definition) is 5. The van der Waals surface area contributed by atoms with Gasteiger partial charge in [-0.15, -0.1) is 0 Å². The summed E-state index contributed by atoms with van der Waals surface area (Å²) >= 11 is -0.312. The van der Waals surface area contributed by atoms with Crippen molar-refractivity contribution in [2.24, 2.45) is 0 Å². The van der Waals surface area contributed by atoms with Gasteiger partial charge in [0.05, 0.1) is 0 Å². The topological polar surface area (TPSA) is 49.8 Å². The normalized spacial score (nSPS) is 15.0. The first-order chi connectivity index (χ1) is 12.1. The molecule has 1 saturated carbocycles. The number of halogens is 6. The SMILES string of the molecule is FC(F)(F)Sc1cccc(Nc2cc(C(F)(F)F)nc(NC3CC3)n2)c1. The van der Waals surface area contributed by atoms with E-state index in [9.17, 15) is 26.3 Å². The Labute approximate surface area is 148 Å². The van der Waals surface area contributed by atoms with Crippen LogP contribution < -0.4 is 10.6 Å². The van der Waals surface area contributed by atoms with E-state index >= 15 is 0 Å². The molecule has 0 bridgehead atoms. The van der Waals surface area contributed by atoms with Gasteiger partial charge in [0, 0.05) is 22.7 Å². The number of rotatable bonds is 5. The van der Waals surface area contributed by atoms with Crippen LogP contribution in [0.3, 0.4) is 0 Å².